The van der Waals surface area contributed by atoms with E-state index in [1.54, 1.807) is 6.92 Å². The Hall–Kier alpha value is -1.01. The second kappa shape index (κ2) is 4.29. The first-order chi connectivity index (χ1) is 6.16. The fourth-order valence-corrected chi connectivity index (χ4v) is 1.45. The third-order valence-electron chi connectivity index (χ3n) is 2.09. The Kier molecular flexibility index (Phi) is 3.32. The lowest BCUT2D eigenvalue weighted by atomic mass is 9.95. The van der Waals surface area contributed by atoms with Crippen LogP contribution >= 0.6 is 0 Å². The molecule has 1 aliphatic rings. The number of hydrogen-bond acceptors (Lipinski definition) is 2. The minimum Gasteiger partial charge on any atom is -0.379 e. The lowest BCUT2D eigenvalue weighted by molar-refractivity contribution is -0.119. The van der Waals surface area contributed by atoms with Gasteiger partial charge < -0.3 is 10.1 Å². The molecule has 0 aliphatic carbocycles. The van der Waals surface area contributed by atoms with Crippen molar-refractivity contribution in [2.24, 2.45) is 0 Å². The molecule has 1 saturated heterocycles. The third-order valence-corrected chi connectivity index (χ3v) is 2.09. The van der Waals surface area contributed by atoms with E-state index in [4.69, 9.17) is 4.74 Å². The summed E-state index contributed by atoms with van der Waals surface area (Å²) < 4.78 is 5.30. The van der Waals surface area contributed by atoms with Crippen molar-refractivity contribution in [2.75, 3.05) is 13.2 Å². The zero-order valence-electron chi connectivity index (χ0n) is 8.14. The van der Waals surface area contributed by atoms with E-state index in [9.17, 15) is 4.79 Å². The van der Waals surface area contributed by atoms with Crippen LogP contribution in [0.2, 0.25) is 0 Å². The topological polar surface area (TPSA) is 38.3 Å². The van der Waals surface area contributed by atoms with Crippen molar-refractivity contribution in [1.82, 2.24) is 5.32 Å². The molecule has 0 radical (unpaired) electrons. The van der Waals surface area contributed by atoms with Gasteiger partial charge in [-0.2, -0.15) is 0 Å². The number of carbonyl (C=O) groups excluding carboxylic acids is 1. The number of nitrogens with one attached hydrogen (secondary N) is 1. The molecule has 1 aliphatic heterocycles. The van der Waals surface area contributed by atoms with E-state index in [-0.39, 0.29) is 11.4 Å². The average molecular weight is 181 g/mol. The first kappa shape index (κ1) is 10.1. The first-order valence-electron chi connectivity index (χ1n) is 4.49. The van der Waals surface area contributed by atoms with E-state index in [2.05, 4.69) is 17.2 Å². The highest BCUT2D eigenvalue weighted by Crippen LogP contribution is 2.17. The molecule has 0 spiro atoms. The molecule has 3 nitrogen and oxygen atoms in total. The highest BCUT2D eigenvalue weighted by molar-refractivity contribution is 5.93. The molecule has 1 unspecified atom stereocenters. The van der Waals surface area contributed by atoms with Crippen molar-refractivity contribution in [1.29, 1.82) is 0 Å². The normalized spacial score (nSPS) is 27.2. The van der Waals surface area contributed by atoms with Gasteiger partial charge in [-0.1, -0.05) is 5.92 Å². The highest BCUT2D eigenvalue weighted by Gasteiger charge is 2.28. The molecule has 1 heterocycles. The Bertz CT molecular complexity index is 243. The fourth-order valence-electron chi connectivity index (χ4n) is 1.45. The van der Waals surface area contributed by atoms with Crippen LogP contribution in [0, 0.1) is 11.8 Å². The van der Waals surface area contributed by atoms with E-state index >= 15 is 0 Å². The summed E-state index contributed by atoms with van der Waals surface area (Å²) in [5.74, 6) is 4.82. The molecule has 1 N–H and O–H groups in total. The zero-order valence-corrected chi connectivity index (χ0v) is 8.14. The summed E-state index contributed by atoms with van der Waals surface area (Å²) in [6.45, 7) is 5.02. The lowest BCUT2D eigenvalue weighted by Crippen LogP contribution is -2.51. The minimum atomic E-state index is -0.223. The van der Waals surface area contributed by atoms with Gasteiger partial charge in [-0.05, 0) is 32.6 Å². The Morgan fingerprint density at radius 2 is 2.38 bits per heavy atom. The van der Waals surface area contributed by atoms with Crippen LogP contribution in [0.5, 0.6) is 0 Å². The van der Waals surface area contributed by atoms with E-state index < -0.39 is 0 Å². The van der Waals surface area contributed by atoms with Gasteiger partial charge in [-0.3, -0.25) is 4.79 Å². The van der Waals surface area contributed by atoms with Gasteiger partial charge in [0.1, 0.15) is 0 Å². The largest absolute Gasteiger partial charge is 0.379 e. The monoisotopic (exact) mass is 181 g/mol. The van der Waals surface area contributed by atoms with Crippen LogP contribution in [0.4, 0.5) is 0 Å². The van der Waals surface area contributed by atoms with E-state index in [0.29, 0.717) is 6.61 Å². The zero-order chi connectivity index (χ0) is 9.73. The number of hydrogen-bond donors (Lipinski definition) is 1. The SMILES string of the molecule is CC#CC(=O)NC1(C)CCCOC1. The predicted octanol–water partition coefficient (Wildman–Crippen LogP) is 0.695. The Morgan fingerprint density at radius 3 is 2.92 bits per heavy atom. The molecule has 72 valence electrons. The molecule has 0 aromatic carbocycles. The number of carbonyl (C=O) groups is 1. The molecule has 0 bridgehead atoms. The first-order valence-corrected chi connectivity index (χ1v) is 4.49. The van der Waals surface area contributed by atoms with Crippen molar-refractivity contribution in [2.45, 2.75) is 32.2 Å². The molecule has 1 amide bonds. The summed E-state index contributed by atoms with van der Waals surface area (Å²) >= 11 is 0. The van der Waals surface area contributed by atoms with Gasteiger partial charge >= 0.3 is 0 Å². The highest BCUT2D eigenvalue weighted by atomic mass is 16.5. The number of amides is 1. The summed E-state index contributed by atoms with van der Waals surface area (Å²) in [5.41, 5.74) is -0.223. The molecule has 1 atom stereocenters. The molecular formula is C10H15NO2. The van der Waals surface area contributed by atoms with Crippen LogP contribution < -0.4 is 5.32 Å². The standard InChI is InChI=1S/C10H15NO2/c1-3-5-9(12)11-10(2)6-4-7-13-8-10/h4,6-8H2,1-2H3,(H,11,12). The van der Waals surface area contributed by atoms with Crippen LogP contribution in [0.15, 0.2) is 0 Å². The van der Waals surface area contributed by atoms with E-state index in [1.165, 1.54) is 0 Å². The van der Waals surface area contributed by atoms with Crippen LogP contribution in [0.1, 0.15) is 26.7 Å². The Labute approximate surface area is 78.8 Å². The van der Waals surface area contributed by atoms with E-state index in [1.807, 2.05) is 6.92 Å². The van der Waals surface area contributed by atoms with Crippen molar-refractivity contribution >= 4 is 5.91 Å². The summed E-state index contributed by atoms with van der Waals surface area (Å²) in [6.07, 6.45) is 1.96. The predicted molar refractivity (Wildman–Crippen MR) is 50.1 cm³/mol. The third kappa shape index (κ3) is 3.08. The Balaban J connectivity index is 2.48. The van der Waals surface area contributed by atoms with Gasteiger partial charge in [0, 0.05) is 6.61 Å². The molecule has 1 rings (SSSR count). The summed E-state index contributed by atoms with van der Waals surface area (Å²) in [6, 6.07) is 0. The number of rotatable bonds is 1. The molecule has 3 heteroatoms. The minimum absolute atomic E-state index is 0.212. The van der Waals surface area contributed by atoms with Crippen molar-refractivity contribution < 1.29 is 9.53 Å². The molecule has 0 saturated carbocycles. The van der Waals surface area contributed by atoms with Crippen LogP contribution in [-0.2, 0) is 9.53 Å². The van der Waals surface area contributed by atoms with Gasteiger partial charge in [0.15, 0.2) is 0 Å². The lowest BCUT2D eigenvalue weighted by Gasteiger charge is -2.33. The second-order valence-corrected chi connectivity index (χ2v) is 3.55. The van der Waals surface area contributed by atoms with Crippen molar-refractivity contribution in [3.05, 3.63) is 0 Å². The van der Waals surface area contributed by atoms with Crippen molar-refractivity contribution in [3.8, 4) is 11.8 Å². The summed E-state index contributed by atoms with van der Waals surface area (Å²) in [5, 5.41) is 2.86. The maximum atomic E-state index is 11.2. The van der Waals surface area contributed by atoms with Gasteiger partial charge in [0.2, 0.25) is 0 Å². The molecule has 1 fully saturated rings. The fraction of sp³-hybridized carbons (Fsp3) is 0.700. The van der Waals surface area contributed by atoms with Gasteiger partial charge in [0.25, 0.3) is 5.91 Å². The molecule has 0 aromatic rings. The van der Waals surface area contributed by atoms with Gasteiger partial charge in [-0.25, -0.2) is 0 Å². The van der Waals surface area contributed by atoms with Gasteiger partial charge in [0.05, 0.1) is 12.1 Å². The molecule has 13 heavy (non-hydrogen) atoms. The summed E-state index contributed by atoms with van der Waals surface area (Å²) in [4.78, 5) is 11.2. The van der Waals surface area contributed by atoms with Crippen LogP contribution in [0.3, 0.4) is 0 Å². The van der Waals surface area contributed by atoms with Crippen LogP contribution in [-0.4, -0.2) is 24.7 Å². The molecule has 0 aromatic heterocycles. The number of ether oxygens (including phenoxy) is 1. The van der Waals surface area contributed by atoms with Crippen molar-refractivity contribution in [3.63, 3.8) is 0 Å². The second-order valence-electron chi connectivity index (χ2n) is 3.55. The summed E-state index contributed by atoms with van der Waals surface area (Å²) in [7, 11) is 0. The Morgan fingerprint density at radius 1 is 1.62 bits per heavy atom. The van der Waals surface area contributed by atoms with Crippen LogP contribution in [0.25, 0.3) is 0 Å². The maximum Gasteiger partial charge on any atom is 0.296 e. The van der Waals surface area contributed by atoms with Gasteiger partial charge in [-0.15, -0.1) is 0 Å². The molecular weight excluding hydrogens is 166 g/mol. The van der Waals surface area contributed by atoms with E-state index in [0.717, 1.165) is 19.4 Å². The quantitative estimate of drug-likeness (QED) is 0.604. The smallest absolute Gasteiger partial charge is 0.296 e. The maximum absolute atomic E-state index is 11.2. The average Bonchev–Trinajstić information content (AvgIpc) is 2.04.